The molecule has 2 aromatic rings. The summed E-state index contributed by atoms with van der Waals surface area (Å²) in [7, 11) is 0. The zero-order valence-electron chi connectivity index (χ0n) is 17.4. The van der Waals surface area contributed by atoms with Crippen LogP contribution in [-0.4, -0.2) is 58.8 Å². The van der Waals surface area contributed by atoms with Gasteiger partial charge in [-0.05, 0) is 36.2 Å². The van der Waals surface area contributed by atoms with Crippen molar-refractivity contribution in [2.24, 2.45) is 0 Å². The van der Waals surface area contributed by atoms with Crippen LogP contribution in [0.5, 0.6) is 0 Å². The molecule has 1 atom stereocenters. The topological polar surface area (TPSA) is 92.2 Å². The number of esters is 1. The van der Waals surface area contributed by atoms with Crippen molar-refractivity contribution in [2.45, 2.75) is 38.1 Å². The molecule has 0 unspecified atom stereocenters. The van der Waals surface area contributed by atoms with Crippen molar-refractivity contribution < 1.29 is 24.2 Å². The number of likely N-dealkylation sites (tertiary alicyclic amines) is 1. The standard InChI is InChI=1S/C23H25N3O5/c1-15-17(2-3-18-19(15)13-30-21(18)28)20(27)12-25-10-6-23(7-11-25)14-26(22(29)31-23)16-4-8-24-9-5-16/h2-5,8-9,20,27H,6-7,10-14H2,1H3/t20-/m0/s1. The number of aliphatic hydroxyl groups excluding tert-OH is 1. The smallest absolute Gasteiger partial charge is 0.415 e. The van der Waals surface area contributed by atoms with Crippen LogP contribution in [0.3, 0.4) is 0 Å². The van der Waals surface area contributed by atoms with Gasteiger partial charge >= 0.3 is 12.1 Å². The molecule has 3 aliphatic heterocycles. The lowest BCUT2D eigenvalue weighted by Gasteiger charge is -2.38. The highest BCUT2D eigenvalue weighted by atomic mass is 16.6. The molecule has 5 rings (SSSR count). The minimum atomic E-state index is -0.658. The van der Waals surface area contributed by atoms with Gasteiger partial charge < -0.3 is 19.5 Å². The second kappa shape index (κ2) is 7.62. The Morgan fingerprint density at radius 1 is 1.16 bits per heavy atom. The largest absolute Gasteiger partial charge is 0.457 e. The number of amides is 1. The third-order valence-electron chi connectivity index (χ3n) is 6.71. The van der Waals surface area contributed by atoms with E-state index in [2.05, 4.69) is 9.88 Å². The van der Waals surface area contributed by atoms with Gasteiger partial charge in [-0.25, -0.2) is 9.59 Å². The molecule has 0 saturated carbocycles. The van der Waals surface area contributed by atoms with Crippen LogP contribution in [-0.2, 0) is 16.1 Å². The molecule has 8 nitrogen and oxygen atoms in total. The zero-order chi connectivity index (χ0) is 21.6. The van der Waals surface area contributed by atoms with E-state index in [9.17, 15) is 14.7 Å². The Kier molecular flexibility index (Phi) is 4.91. The van der Waals surface area contributed by atoms with E-state index in [-0.39, 0.29) is 18.7 Å². The molecule has 8 heteroatoms. The first-order chi connectivity index (χ1) is 15.0. The lowest BCUT2D eigenvalue weighted by atomic mass is 9.90. The van der Waals surface area contributed by atoms with Gasteiger partial charge in [-0.3, -0.25) is 9.88 Å². The fourth-order valence-corrected chi connectivity index (χ4v) is 4.82. The number of anilines is 1. The fourth-order valence-electron chi connectivity index (χ4n) is 4.82. The summed E-state index contributed by atoms with van der Waals surface area (Å²) in [5, 5.41) is 10.9. The summed E-state index contributed by atoms with van der Waals surface area (Å²) in [5.41, 5.74) is 3.52. The number of rotatable bonds is 4. The number of β-amino-alcohol motifs (C(OH)–C–C–N with tert-alkyl or cyclic N) is 1. The van der Waals surface area contributed by atoms with Crippen LogP contribution in [0.1, 0.15) is 46.0 Å². The van der Waals surface area contributed by atoms with Gasteiger partial charge in [0.2, 0.25) is 0 Å². The number of carbonyl (C=O) groups excluding carboxylic acids is 2. The Balaban J connectivity index is 1.22. The molecule has 1 aromatic carbocycles. The molecule has 1 amide bonds. The first-order valence-corrected chi connectivity index (χ1v) is 10.6. The van der Waals surface area contributed by atoms with Gasteiger partial charge in [0.25, 0.3) is 0 Å². The summed E-state index contributed by atoms with van der Waals surface area (Å²) >= 11 is 0. The minimum absolute atomic E-state index is 0.270. The molecule has 31 heavy (non-hydrogen) atoms. The van der Waals surface area contributed by atoms with Crippen molar-refractivity contribution in [2.75, 3.05) is 31.1 Å². The number of benzene rings is 1. The highest BCUT2D eigenvalue weighted by molar-refractivity contribution is 5.94. The molecule has 2 saturated heterocycles. The Labute approximate surface area is 180 Å². The molecule has 1 N–H and O–H groups in total. The number of hydrogen-bond acceptors (Lipinski definition) is 7. The van der Waals surface area contributed by atoms with E-state index in [0.29, 0.717) is 18.7 Å². The highest BCUT2D eigenvalue weighted by Crippen LogP contribution is 2.36. The Bertz CT molecular complexity index is 1020. The summed E-state index contributed by atoms with van der Waals surface area (Å²) < 4.78 is 10.9. The van der Waals surface area contributed by atoms with Crippen LogP contribution in [0.15, 0.2) is 36.7 Å². The van der Waals surface area contributed by atoms with Gasteiger partial charge in [0, 0.05) is 50.4 Å². The van der Waals surface area contributed by atoms with Crippen molar-refractivity contribution in [1.82, 2.24) is 9.88 Å². The molecule has 162 valence electrons. The molecule has 2 fully saturated rings. The maximum Gasteiger partial charge on any atom is 0.415 e. The Morgan fingerprint density at radius 3 is 2.65 bits per heavy atom. The number of nitrogens with zero attached hydrogens (tertiary/aromatic N) is 3. The fraction of sp³-hybridized carbons (Fsp3) is 0.435. The van der Waals surface area contributed by atoms with Gasteiger partial charge in [-0.1, -0.05) is 6.07 Å². The van der Waals surface area contributed by atoms with Crippen molar-refractivity contribution in [3.05, 3.63) is 58.9 Å². The molecule has 0 aliphatic carbocycles. The van der Waals surface area contributed by atoms with E-state index in [1.807, 2.05) is 25.1 Å². The van der Waals surface area contributed by atoms with E-state index < -0.39 is 11.7 Å². The van der Waals surface area contributed by atoms with Crippen LogP contribution in [0.4, 0.5) is 10.5 Å². The number of piperidine rings is 1. The number of pyridine rings is 1. The first kappa shape index (κ1) is 20.0. The number of aromatic nitrogens is 1. The molecule has 1 spiro atoms. The van der Waals surface area contributed by atoms with E-state index in [4.69, 9.17) is 9.47 Å². The van der Waals surface area contributed by atoms with Gasteiger partial charge in [0.1, 0.15) is 12.2 Å². The number of ether oxygens (including phenoxy) is 2. The Hall–Kier alpha value is -2.97. The summed E-state index contributed by atoms with van der Waals surface area (Å²) in [5.74, 6) is -0.299. The van der Waals surface area contributed by atoms with Crippen LogP contribution >= 0.6 is 0 Å². The molecular weight excluding hydrogens is 398 g/mol. The first-order valence-electron chi connectivity index (χ1n) is 10.6. The molecule has 0 radical (unpaired) electrons. The maximum atomic E-state index is 12.4. The lowest BCUT2D eigenvalue weighted by molar-refractivity contribution is -0.00987. The SMILES string of the molecule is Cc1c([C@@H](O)CN2CCC3(CC2)CN(c2ccncc2)C(=O)O3)ccc2c1COC2=O. The number of cyclic esters (lactones) is 1. The predicted molar refractivity (Wildman–Crippen MR) is 112 cm³/mol. The normalized spacial score (nSPS) is 21.2. The van der Waals surface area contributed by atoms with E-state index in [0.717, 1.165) is 48.3 Å². The Morgan fingerprint density at radius 2 is 1.90 bits per heavy atom. The lowest BCUT2D eigenvalue weighted by Crippen LogP contribution is -2.47. The number of aliphatic hydroxyl groups is 1. The minimum Gasteiger partial charge on any atom is -0.457 e. The summed E-state index contributed by atoms with van der Waals surface area (Å²) in [6.45, 7) is 4.69. The average molecular weight is 423 g/mol. The van der Waals surface area contributed by atoms with E-state index in [1.54, 1.807) is 23.4 Å². The van der Waals surface area contributed by atoms with Crippen LogP contribution < -0.4 is 4.90 Å². The second-order valence-corrected chi connectivity index (χ2v) is 8.54. The molecule has 1 aromatic heterocycles. The predicted octanol–water partition coefficient (Wildman–Crippen LogP) is 2.59. The van der Waals surface area contributed by atoms with Crippen molar-refractivity contribution >= 4 is 17.7 Å². The van der Waals surface area contributed by atoms with Gasteiger partial charge in [0.15, 0.2) is 0 Å². The van der Waals surface area contributed by atoms with Gasteiger partial charge in [-0.15, -0.1) is 0 Å². The number of hydrogen-bond donors (Lipinski definition) is 1. The third kappa shape index (κ3) is 3.55. The van der Waals surface area contributed by atoms with Crippen LogP contribution in [0.2, 0.25) is 0 Å². The molecular formula is C23H25N3O5. The summed E-state index contributed by atoms with van der Waals surface area (Å²) in [4.78, 5) is 32.1. The van der Waals surface area contributed by atoms with Gasteiger partial charge in [0.05, 0.1) is 23.9 Å². The molecule has 0 bridgehead atoms. The number of fused-ring (bicyclic) bond motifs is 1. The average Bonchev–Trinajstić information content (AvgIpc) is 3.31. The van der Waals surface area contributed by atoms with Crippen molar-refractivity contribution in [3.8, 4) is 0 Å². The zero-order valence-corrected chi connectivity index (χ0v) is 17.4. The summed E-state index contributed by atoms with van der Waals surface area (Å²) in [6, 6.07) is 7.18. The third-order valence-corrected chi connectivity index (χ3v) is 6.71. The van der Waals surface area contributed by atoms with Gasteiger partial charge in [-0.2, -0.15) is 0 Å². The maximum absolute atomic E-state index is 12.4. The highest BCUT2D eigenvalue weighted by Gasteiger charge is 2.47. The van der Waals surface area contributed by atoms with Crippen LogP contribution in [0, 0.1) is 6.92 Å². The van der Waals surface area contributed by atoms with E-state index >= 15 is 0 Å². The monoisotopic (exact) mass is 423 g/mol. The molecule has 3 aliphatic rings. The van der Waals surface area contributed by atoms with Crippen molar-refractivity contribution in [1.29, 1.82) is 0 Å². The van der Waals surface area contributed by atoms with E-state index in [1.165, 1.54) is 0 Å². The quantitative estimate of drug-likeness (QED) is 0.756. The van der Waals surface area contributed by atoms with Crippen molar-refractivity contribution in [3.63, 3.8) is 0 Å². The van der Waals surface area contributed by atoms with Crippen LogP contribution in [0.25, 0.3) is 0 Å². The number of carbonyl (C=O) groups is 2. The second-order valence-electron chi connectivity index (χ2n) is 8.54. The summed E-state index contributed by atoms with van der Waals surface area (Å²) in [6.07, 6.45) is 3.80. The molecule has 4 heterocycles.